The molecule has 0 spiro atoms. The number of hydrogen-bond acceptors (Lipinski definition) is 7. The summed E-state index contributed by atoms with van der Waals surface area (Å²) in [4.78, 5) is 31.2. The molecule has 1 fully saturated rings. The minimum absolute atomic E-state index is 0.0263. The zero-order chi connectivity index (χ0) is 37.2. The molecule has 1 aromatic heterocycles. The van der Waals surface area contributed by atoms with Crippen LogP contribution in [-0.2, 0) is 27.7 Å². The summed E-state index contributed by atoms with van der Waals surface area (Å²) >= 11 is 0. The molecular weight excluding hydrogens is 683 g/mol. The highest BCUT2D eigenvalue weighted by atomic mass is 19.4. The van der Waals surface area contributed by atoms with E-state index in [0.717, 1.165) is 17.2 Å². The van der Waals surface area contributed by atoms with Crippen molar-refractivity contribution in [2.24, 2.45) is 5.92 Å². The molecule has 2 unspecified atom stereocenters. The monoisotopic (exact) mass is 721 g/mol. The van der Waals surface area contributed by atoms with Crippen LogP contribution in [0.5, 0.6) is 17.2 Å². The number of amides is 1. The summed E-state index contributed by atoms with van der Waals surface area (Å²) in [5, 5.41) is 11.7. The number of ether oxygens (including phenoxy) is 3. The summed E-state index contributed by atoms with van der Waals surface area (Å²) in [5.74, 6) is -0.0408. The van der Waals surface area contributed by atoms with Crippen LogP contribution in [0.1, 0.15) is 54.9 Å². The fraction of sp³-hybridized carbons (Fsp3) is 0.286. The molecule has 272 valence electrons. The molecule has 3 heterocycles. The third-order valence-corrected chi connectivity index (χ3v) is 9.90. The third-order valence-electron chi connectivity index (χ3n) is 9.90. The van der Waals surface area contributed by atoms with Crippen molar-refractivity contribution in [3.63, 3.8) is 0 Å². The largest absolute Gasteiger partial charge is 0.494 e. The number of alkyl halides is 3. The summed E-state index contributed by atoms with van der Waals surface area (Å²) in [6.45, 7) is 2.67. The van der Waals surface area contributed by atoms with Gasteiger partial charge in [0, 0.05) is 17.3 Å². The molecule has 2 atom stereocenters. The van der Waals surface area contributed by atoms with Crippen molar-refractivity contribution >= 4 is 28.3 Å². The molecule has 11 heteroatoms. The highest BCUT2D eigenvalue weighted by Gasteiger charge is 2.55. The van der Waals surface area contributed by atoms with Crippen LogP contribution in [0.15, 0.2) is 97.2 Å². The van der Waals surface area contributed by atoms with Gasteiger partial charge in [-0.3, -0.25) is 14.6 Å². The van der Waals surface area contributed by atoms with E-state index in [-0.39, 0.29) is 17.0 Å². The zero-order valence-corrected chi connectivity index (χ0v) is 29.1. The maximum absolute atomic E-state index is 14.0. The Morgan fingerprint density at radius 3 is 2.47 bits per heavy atom. The highest BCUT2D eigenvalue weighted by molar-refractivity contribution is 6.24. The van der Waals surface area contributed by atoms with Crippen molar-refractivity contribution in [1.29, 1.82) is 5.41 Å². The van der Waals surface area contributed by atoms with Crippen LogP contribution in [-0.4, -0.2) is 42.2 Å². The van der Waals surface area contributed by atoms with E-state index in [2.05, 4.69) is 10.3 Å². The van der Waals surface area contributed by atoms with Crippen molar-refractivity contribution in [2.45, 2.75) is 50.7 Å². The lowest BCUT2D eigenvalue weighted by Gasteiger charge is -2.29. The highest BCUT2D eigenvalue weighted by Crippen LogP contribution is 2.41. The molecule has 53 heavy (non-hydrogen) atoms. The molecule has 1 amide bonds. The second-order valence-electron chi connectivity index (χ2n) is 13.4. The van der Waals surface area contributed by atoms with Gasteiger partial charge in [-0.1, -0.05) is 73.5 Å². The van der Waals surface area contributed by atoms with Crippen molar-refractivity contribution < 1.29 is 37.0 Å². The van der Waals surface area contributed by atoms with E-state index >= 15 is 0 Å². The van der Waals surface area contributed by atoms with E-state index in [1.54, 1.807) is 24.3 Å². The van der Waals surface area contributed by atoms with Gasteiger partial charge in [-0.15, -0.1) is 0 Å². The van der Waals surface area contributed by atoms with Gasteiger partial charge in [0.1, 0.15) is 19.0 Å². The van der Waals surface area contributed by atoms with Gasteiger partial charge in [-0.25, -0.2) is 0 Å². The number of Topliss-reactive ketones (excluding diaryl/α,β-unsaturated/α-hetero) is 1. The summed E-state index contributed by atoms with van der Waals surface area (Å²) in [6, 6.07) is 26.2. The van der Waals surface area contributed by atoms with E-state index in [1.807, 2.05) is 54.6 Å². The number of carbonyl (C=O) groups excluding carboxylic acids is 2. The van der Waals surface area contributed by atoms with Gasteiger partial charge in [0.05, 0.1) is 23.6 Å². The van der Waals surface area contributed by atoms with Crippen LogP contribution in [0.3, 0.4) is 0 Å². The fourth-order valence-electron chi connectivity index (χ4n) is 7.30. The van der Waals surface area contributed by atoms with E-state index in [9.17, 15) is 22.8 Å². The average Bonchev–Trinajstić information content (AvgIpc) is 3.42. The lowest BCUT2D eigenvalue weighted by atomic mass is 9.79. The Labute approximate surface area is 304 Å². The van der Waals surface area contributed by atoms with Crippen LogP contribution in [0.4, 0.5) is 13.2 Å². The van der Waals surface area contributed by atoms with Crippen LogP contribution < -0.4 is 19.5 Å². The number of unbranched alkanes of at least 4 members (excludes halogenated alkanes) is 2. The minimum atomic E-state index is -4.56. The first-order valence-electron chi connectivity index (χ1n) is 17.6. The van der Waals surface area contributed by atoms with Crippen LogP contribution in [0.2, 0.25) is 0 Å². The number of para-hydroxylation sites is 1. The number of nitrogens with one attached hydrogen (secondary N) is 2. The number of pyridine rings is 1. The van der Waals surface area contributed by atoms with E-state index in [4.69, 9.17) is 19.6 Å². The molecule has 1 saturated heterocycles. The normalized spacial score (nSPS) is 18.2. The van der Waals surface area contributed by atoms with E-state index < -0.39 is 29.1 Å². The number of aromatic nitrogens is 1. The minimum Gasteiger partial charge on any atom is -0.494 e. The van der Waals surface area contributed by atoms with E-state index in [0.29, 0.717) is 91.2 Å². The fourth-order valence-corrected chi connectivity index (χ4v) is 7.30. The standard InChI is InChI=1S/C42H38F3N3O5/c1-26(46)41(30-17-18-35-36(24-30)53-21-20-52-35)39(49)33(40(50)48-41)14-6-3-7-19-51-31-13-8-12-28(23-31)37-29(22-27-10-4-2-5-11-27)25-47-38-32(37)15-9-16-34(38)42(43,44)45/h2,4-5,8-13,15-18,23-25,33,46H,3,6-7,14,19-22H2,1H3,(H,48,50). The van der Waals surface area contributed by atoms with Gasteiger partial charge in [-0.2, -0.15) is 13.2 Å². The molecular formula is C42H38F3N3O5. The van der Waals surface area contributed by atoms with Gasteiger partial charge < -0.3 is 24.9 Å². The SMILES string of the molecule is CC(=N)C1(c2ccc3c(c2)OCCO3)NC(=O)C(CCCCCOc2cccc(-c3c(Cc4ccccc4)cnc4c(C(F)(F)F)cccc34)c2)C1=O. The lowest BCUT2D eigenvalue weighted by molar-refractivity contribution is -0.136. The smallest absolute Gasteiger partial charge is 0.418 e. The van der Waals surface area contributed by atoms with Crippen LogP contribution >= 0.6 is 0 Å². The van der Waals surface area contributed by atoms with Gasteiger partial charge in [-0.05, 0) is 84.3 Å². The Hall–Kier alpha value is -5.71. The molecule has 8 nitrogen and oxygen atoms in total. The van der Waals surface area contributed by atoms with E-state index in [1.165, 1.54) is 19.2 Å². The average molecular weight is 722 g/mol. The molecule has 2 N–H and O–H groups in total. The number of rotatable bonds is 12. The molecule has 7 rings (SSSR count). The second-order valence-corrected chi connectivity index (χ2v) is 13.4. The molecule has 2 aliphatic rings. The summed E-state index contributed by atoms with van der Waals surface area (Å²) < 4.78 is 59.4. The Morgan fingerprint density at radius 2 is 1.70 bits per heavy atom. The number of nitrogens with zero attached hydrogens (tertiary/aromatic N) is 1. The Balaban J connectivity index is 1.02. The molecule has 5 aromatic rings. The molecule has 0 bridgehead atoms. The first-order valence-corrected chi connectivity index (χ1v) is 17.6. The molecule has 0 aliphatic carbocycles. The quantitative estimate of drug-likeness (QED) is 0.0760. The van der Waals surface area contributed by atoms with Gasteiger partial charge in [0.15, 0.2) is 22.8 Å². The molecule has 0 saturated carbocycles. The van der Waals surface area contributed by atoms with Crippen LogP contribution in [0.25, 0.3) is 22.0 Å². The van der Waals surface area contributed by atoms with Crippen LogP contribution in [0, 0.1) is 11.3 Å². The maximum Gasteiger partial charge on any atom is 0.418 e. The summed E-state index contributed by atoms with van der Waals surface area (Å²) in [7, 11) is 0. The number of benzene rings is 4. The number of fused-ring (bicyclic) bond motifs is 2. The van der Waals surface area contributed by atoms with Crippen molar-refractivity contribution in [2.75, 3.05) is 19.8 Å². The predicted molar refractivity (Wildman–Crippen MR) is 195 cm³/mol. The summed E-state index contributed by atoms with van der Waals surface area (Å²) in [6.07, 6.45) is -0.275. The Morgan fingerprint density at radius 1 is 0.925 bits per heavy atom. The van der Waals surface area contributed by atoms with Crippen molar-refractivity contribution in [3.8, 4) is 28.4 Å². The number of carbonyl (C=O) groups is 2. The van der Waals surface area contributed by atoms with Crippen molar-refractivity contribution in [1.82, 2.24) is 10.3 Å². The van der Waals surface area contributed by atoms with Gasteiger partial charge in [0.25, 0.3) is 0 Å². The zero-order valence-electron chi connectivity index (χ0n) is 29.1. The maximum atomic E-state index is 14.0. The number of ketones is 1. The molecule has 2 aliphatic heterocycles. The third kappa shape index (κ3) is 7.07. The summed E-state index contributed by atoms with van der Waals surface area (Å²) in [5.41, 5.74) is 1.24. The molecule has 0 radical (unpaired) electrons. The first-order chi connectivity index (χ1) is 25.6. The lowest BCUT2D eigenvalue weighted by Crippen LogP contribution is -2.49. The topological polar surface area (TPSA) is 111 Å². The number of halogens is 3. The second kappa shape index (κ2) is 14.7. The number of hydrogen-bond donors (Lipinski definition) is 2. The predicted octanol–water partition coefficient (Wildman–Crippen LogP) is 8.47. The van der Waals surface area contributed by atoms with Crippen molar-refractivity contribution in [3.05, 3.63) is 119 Å². The molecule has 4 aromatic carbocycles. The Bertz CT molecular complexity index is 2190. The Kier molecular flexibility index (Phi) is 9.92. The van der Waals surface area contributed by atoms with Gasteiger partial charge in [0.2, 0.25) is 5.91 Å². The first kappa shape index (κ1) is 35.7. The van der Waals surface area contributed by atoms with Gasteiger partial charge >= 0.3 is 6.18 Å².